The van der Waals surface area contributed by atoms with Crippen LogP contribution in [0.3, 0.4) is 0 Å². The minimum Gasteiger partial charge on any atom is -0.280 e. The van der Waals surface area contributed by atoms with Crippen LogP contribution in [0.2, 0.25) is 0 Å². The van der Waals surface area contributed by atoms with E-state index in [-0.39, 0.29) is 5.56 Å². The van der Waals surface area contributed by atoms with Crippen molar-refractivity contribution in [3.63, 3.8) is 0 Å². The van der Waals surface area contributed by atoms with Gasteiger partial charge in [0.15, 0.2) is 0 Å². The molecule has 0 saturated heterocycles. The number of thiophene rings is 1. The van der Waals surface area contributed by atoms with Gasteiger partial charge in [0.2, 0.25) is 0 Å². The van der Waals surface area contributed by atoms with Crippen molar-refractivity contribution in [1.82, 2.24) is 14.7 Å². The first-order chi connectivity index (χ1) is 10.7. The van der Waals surface area contributed by atoms with E-state index in [0.29, 0.717) is 6.67 Å². The molecule has 0 N–H and O–H groups in total. The maximum absolute atomic E-state index is 12.6. The van der Waals surface area contributed by atoms with E-state index in [1.165, 1.54) is 10.4 Å². The molecule has 2 aromatic heterocycles. The standard InChI is InChI=1S/C17H17N3OS/c1-12-14-4-2-3-5-15(14)17(21)20(18-12)11-19-8-6-16-13(10-19)7-9-22-16/h2-5,7,9H,6,8,10-11H2,1H3. The van der Waals surface area contributed by atoms with Crippen molar-refractivity contribution in [1.29, 1.82) is 0 Å². The van der Waals surface area contributed by atoms with Gasteiger partial charge in [-0.3, -0.25) is 9.69 Å². The molecule has 0 radical (unpaired) electrons. The van der Waals surface area contributed by atoms with E-state index in [1.807, 2.05) is 42.5 Å². The van der Waals surface area contributed by atoms with E-state index in [9.17, 15) is 4.79 Å². The summed E-state index contributed by atoms with van der Waals surface area (Å²) in [6.07, 6.45) is 1.06. The highest BCUT2D eigenvalue weighted by Gasteiger charge is 2.18. The Balaban J connectivity index is 1.68. The molecule has 0 bridgehead atoms. The zero-order valence-electron chi connectivity index (χ0n) is 12.5. The van der Waals surface area contributed by atoms with Crippen molar-refractivity contribution in [3.8, 4) is 0 Å². The van der Waals surface area contributed by atoms with E-state index in [0.717, 1.165) is 36.0 Å². The molecular formula is C17H17N3OS. The minimum absolute atomic E-state index is 0.00249. The lowest BCUT2D eigenvalue weighted by Crippen LogP contribution is -2.37. The zero-order valence-corrected chi connectivity index (χ0v) is 13.3. The first kappa shape index (κ1) is 13.7. The Hall–Kier alpha value is -1.98. The van der Waals surface area contributed by atoms with Gasteiger partial charge < -0.3 is 0 Å². The fourth-order valence-electron chi connectivity index (χ4n) is 3.12. The van der Waals surface area contributed by atoms with Crippen LogP contribution in [-0.2, 0) is 19.6 Å². The Morgan fingerprint density at radius 2 is 2.05 bits per heavy atom. The number of benzene rings is 1. The number of aryl methyl sites for hydroxylation is 1. The maximum Gasteiger partial charge on any atom is 0.275 e. The molecule has 0 amide bonds. The summed E-state index contributed by atoms with van der Waals surface area (Å²) >= 11 is 1.83. The molecule has 0 saturated carbocycles. The van der Waals surface area contributed by atoms with Gasteiger partial charge in [0.1, 0.15) is 0 Å². The average Bonchev–Trinajstić information content (AvgIpc) is 3.00. The summed E-state index contributed by atoms with van der Waals surface area (Å²) in [7, 11) is 0. The highest BCUT2D eigenvalue weighted by Crippen LogP contribution is 2.24. The number of hydrogen-bond donors (Lipinski definition) is 0. The van der Waals surface area contributed by atoms with Crippen LogP contribution < -0.4 is 5.56 Å². The van der Waals surface area contributed by atoms with Crippen molar-refractivity contribution in [2.75, 3.05) is 6.54 Å². The van der Waals surface area contributed by atoms with E-state index in [2.05, 4.69) is 21.4 Å². The van der Waals surface area contributed by atoms with Gasteiger partial charge in [-0.05, 0) is 36.4 Å². The number of nitrogens with zero attached hydrogens (tertiary/aromatic N) is 3. The van der Waals surface area contributed by atoms with E-state index >= 15 is 0 Å². The normalized spacial score (nSPS) is 15.1. The maximum atomic E-state index is 12.6. The first-order valence-corrected chi connectivity index (χ1v) is 8.34. The number of hydrogen-bond acceptors (Lipinski definition) is 4. The summed E-state index contributed by atoms with van der Waals surface area (Å²) in [5.41, 5.74) is 2.29. The summed E-state index contributed by atoms with van der Waals surface area (Å²) in [4.78, 5) is 16.4. The molecule has 0 fully saturated rings. The van der Waals surface area contributed by atoms with Crippen LogP contribution in [0.25, 0.3) is 10.8 Å². The molecule has 112 valence electrons. The molecule has 5 heteroatoms. The third kappa shape index (κ3) is 2.26. The quantitative estimate of drug-likeness (QED) is 0.730. The Morgan fingerprint density at radius 3 is 2.91 bits per heavy atom. The molecule has 1 aliphatic rings. The van der Waals surface area contributed by atoms with Gasteiger partial charge in [0.05, 0.1) is 17.7 Å². The zero-order chi connectivity index (χ0) is 15.1. The van der Waals surface area contributed by atoms with Gasteiger partial charge in [0.25, 0.3) is 5.56 Å². The highest BCUT2D eigenvalue weighted by molar-refractivity contribution is 7.10. The largest absolute Gasteiger partial charge is 0.280 e. The molecule has 0 atom stereocenters. The van der Waals surface area contributed by atoms with Gasteiger partial charge >= 0.3 is 0 Å². The lowest BCUT2D eigenvalue weighted by molar-refractivity contribution is 0.187. The van der Waals surface area contributed by atoms with E-state index < -0.39 is 0 Å². The van der Waals surface area contributed by atoms with Crippen molar-refractivity contribution in [3.05, 3.63) is 62.2 Å². The SMILES string of the molecule is Cc1nn(CN2CCc3sccc3C2)c(=O)c2ccccc12. The van der Waals surface area contributed by atoms with Gasteiger partial charge in [-0.2, -0.15) is 5.10 Å². The van der Waals surface area contributed by atoms with Crippen LogP contribution in [0.1, 0.15) is 16.1 Å². The molecule has 3 aromatic rings. The second-order valence-electron chi connectivity index (χ2n) is 5.75. The van der Waals surface area contributed by atoms with Crippen LogP contribution in [0.15, 0.2) is 40.5 Å². The van der Waals surface area contributed by atoms with Crippen LogP contribution in [-0.4, -0.2) is 21.2 Å². The van der Waals surface area contributed by atoms with Crippen molar-refractivity contribution in [2.45, 2.75) is 26.6 Å². The monoisotopic (exact) mass is 311 g/mol. The van der Waals surface area contributed by atoms with Crippen LogP contribution in [0, 0.1) is 6.92 Å². The molecule has 4 rings (SSSR count). The minimum atomic E-state index is -0.00249. The van der Waals surface area contributed by atoms with Gasteiger partial charge in [-0.25, -0.2) is 4.68 Å². The molecule has 0 spiro atoms. The lowest BCUT2D eigenvalue weighted by atomic mass is 10.1. The van der Waals surface area contributed by atoms with E-state index in [1.54, 1.807) is 4.68 Å². The third-order valence-electron chi connectivity index (χ3n) is 4.27. The Morgan fingerprint density at radius 1 is 1.23 bits per heavy atom. The predicted octanol–water partition coefficient (Wildman–Crippen LogP) is 2.78. The number of aromatic nitrogens is 2. The molecule has 1 aliphatic heterocycles. The Kier molecular flexibility index (Phi) is 3.32. The Bertz CT molecular complexity index is 896. The fraction of sp³-hybridized carbons (Fsp3) is 0.294. The summed E-state index contributed by atoms with van der Waals surface area (Å²) in [5, 5.41) is 8.36. The summed E-state index contributed by atoms with van der Waals surface area (Å²) in [6, 6.07) is 9.89. The molecule has 22 heavy (non-hydrogen) atoms. The van der Waals surface area contributed by atoms with Crippen LogP contribution in [0.5, 0.6) is 0 Å². The number of fused-ring (bicyclic) bond motifs is 2. The molecular weight excluding hydrogens is 294 g/mol. The van der Waals surface area contributed by atoms with Gasteiger partial charge in [0, 0.05) is 23.4 Å². The lowest BCUT2D eigenvalue weighted by Gasteiger charge is -2.27. The molecule has 0 unspecified atom stereocenters. The molecule has 1 aromatic carbocycles. The number of rotatable bonds is 2. The predicted molar refractivity (Wildman–Crippen MR) is 89.2 cm³/mol. The Labute approximate surface area is 132 Å². The topological polar surface area (TPSA) is 38.1 Å². The molecule has 4 nitrogen and oxygen atoms in total. The van der Waals surface area contributed by atoms with Crippen LogP contribution in [0.4, 0.5) is 0 Å². The summed E-state index contributed by atoms with van der Waals surface area (Å²) in [6.45, 7) is 4.40. The van der Waals surface area contributed by atoms with E-state index in [4.69, 9.17) is 0 Å². The molecule has 0 aliphatic carbocycles. The molecule has 3 heterocycles. The van der Waals surface area contributed by atoms with Gasteiger partial charge in [-0.1, -0.05) is 18.2 Å². The van der Waals surface area contributed by atoms with Crippen molar-refractivity contribution < 1.29 is 0 Å². The first-order valence-electron chi connectivity index (χ1n) is 7.46. The second kappa shape index (κ2) is 5.34. The third-order valence-corrected chi connectivity index (χ3v) is 5.30. The summed E-state index contributed by atoms with van der Waals surface area (Å²) in [5.74, 6) is 0. The fourth-order valence-corrected chi connectivity index (χ4v) is 4.01. The van der Waals surface area contributed by atoms with Crippen LogP contribution >= 0.6 is 11.3 Å². The van der Waals surface area contributed by atoms with Crippen molar-refractivity contribution in [2.24, 2.45) is 0 Å². The second-order valence-corrected chi connectivity index (χ2v) is 6.75. The smallest absolute Gasteiger partial charge is 0.275 e. The van der Waals surface area contributed by atoms with Gasteiger partial charge in [-0.15, -0.1) is 11.3 Å². The highest BCUT2D eigenvalue weighted by atomic mass is 32.1. The average molecular weight is 311 g/mol. The summed E-state index contributed by atoms with van der Waals surface area (Å²) < 4.78 is 1.61. The van der Waals surface area contributed by atoms with Crippen molar-refractivity contribution >= 4 is 22.1 Å².